The molecule has 0 aliphatic rings. The Morgan fingerprint density at radius 2 is 2.05 bits per heavy atom. The summed E-state index contributed by atoms with van der Waals surface area (Å²) in [6.07, 6.45) is 1.82. The minimum atomic E-state index is 0.745. The summed E-state index contributed by atoms with van der Waals surface area (Å²) in [5, 5.41) is 12.1. The molecular weight excluding hydrogens is 266 g/mol. The Labute approximate surface area is 125 Å². The summed E-state index contributed by atoms with van der Waals surface area (Å²) in [6.45, 7) is 4.32. The van der Waals surface area contributed by atoms with Crippen LogP contribution in [0.3, 0.4) is 0 Å². The topological polar surface area (TPSA) is 55.2 Å². The predicted molar refractivity (Wildman–Crippen MR) is 82.4 cm³/mol. The van der Waals surface area contributed by atoms with Crippen LogP contribution in [0.1, 0.15) is 5.69 Å². The van der Waals surface area contributed by atoms with Gasteiger partial charge in [0.05, 0.1) is 24.2 Å². The van der Waals surface area contributed by atoms with Crippen LogP contribution in [0.5, 0.6) is 0 Å². The SMILES string of the molecule is COCCNCCN(C)Cc1cnn(-c2ccccc2)n1. The van der Waals surface area contributed by atoms with Gasteiger partial charge in [0.1, 0.15) is 0 Å². The smallest absolute Gasteiger partial charge is 0.0971 e. The number of benzene rings is 1. The highest BCUT2D eigenvalue weighted by Crippen LogP contribution is 2.05. The fraction of sp³-hybridized carbons (Fsp3) is 0.467. The normalized spacial score (nSPS) is 11.2. The minimum Gasteiger partial charge on any atom is -0.383 e. The van der Waals surface area contributed by atoms with Crippen LogP contribution in [0.15, 0.2) is 36.5 Å². The van der Waals surface area contributed by atoms with Crippen molar-refractivity contribution in [2.75, 3.05) is 40.4 Å². The van der Waals surface area contributed by atoms with Gasteiger partial charge in [-0.15, -0.1) is 0 Å². The van der Waals surface area contributed by atoms with E-state index in [1.807, 2.05) is 36.5 Å². The third-order valence-corrected chi connectivity index (χ3v) is 3.11. The second kappa shape index (κ2) is 8.51. The van der Waals surface area contributed by atoms with Crippen LogP contribution in [0.2, 0.25) is 0 Å². The van der Waals surface area contributed by atoms with Crippen molar-refractivity contribution in [3.8, 4) is 5.69 Å². The maximum atomic E-state index is 4.99. The lowest BCUT2D eigenvalue weighted by atomic mass is 10.3. The number of nitrogens with zero attached hydrogens (tertiary/aromatic N) is 4. The molecule has 0 bridgehead atoms. The summed E-state index contributed by atoms with van der Waals surface area (Å²) < 4.78 is 4.99. The number of nitrogens with one attached hydrogen (secondary N) is 1. The number of rotatable bonds is 9. The first kappa shape index (κ1) is 15.6. The average molecular weight is 289 g/mol. The number of aromatic nitrogens is 3. The lowest BCUT2D eigenvalue weighted by Gasteiger charge is -2.15. The van der Waals surface area contributed by atoms with Gasteiger partial charge in [-0.1, -0.05) is 18.2 Å². The molecule has 2 rings (SSSR count). The molecule has 0 aliphatic heterocycles. The molecule has 21 heavy (non-hydrogen) atoms. The highest BCUT2D eigenvalue weighted by Gasteiger charge is 2.05. The molecule has 1 aromatic heterocycles. The number of ether oxygens (including phenoxy) is 1. The minimum absolute atomic E-state index is 0.745. The highest BCUT2D eigenvalue weighted by atomic mass is 16.5. The first-order valence-electron chi connectivity index (χ1n) is 7.14. The Hall–Kier alpha value is -1.76. The van der Waals surface area contributed by atoms with Gasteiger partial charge in [-0.05, 0) is 19.2 Å². The van der Waals surface area contributed by atoms with E-state index in [2.05, 4.69) is 27.5 Å². The van der Waals surface area contributed by atoms with Crippen LogP contribution < -0.4 is 5.32 Å². The summed E-state index contributed by atoms with van der Waals surface area (Å²) >= 11 is 0. The largest absolute Gasteiger partial charge is 0.383 e. The standard InChI is InChI=1S/C15H23N5O/c1-19(10-8-16-9-11-21-2)13-14-12-17-20(18-14)15-6-4-3-5-7-15/h3-7,12,16H,8-11,13H2,1-2H3. The monoisotopic (exact) mass is 289 g/mol. The van der Waals surface area contributed by atoms with Crippen LogP contribution in [-0.2, 0) is 11.3 Å². The van der Waals surface area contributed by atoms with Gasteiger partial charge in [-0.3, -0.25) is 4.90 Å². The molecule has 0 spiro atoms. The Morgan fingerprint density at radius 1 is 1.24 bits per heavy atom. The third kappa shape index (κ3) is 5.26. The second-order valence-electron chi connectivity index (χ2n) is 4.94. The van der Waals surface area contributed by atoms with Gasteiger partial charge < -0.3 is 10.1 Å². The molecule has 1 heterocycles. The molecule has 6 nitrogen and oxygen atoms in total. The summed E-state index contributed by atoms with van der Waals surface area (Å²) in [5.74, 6) is 0. The molecule has 0 fully saturated rings. The number of likely N-dealkylation sites (N-methyl/N-ethyl adjacent to an activating group) is 1. The fourth-order valence-corrected chi connectivity index (χ4v) is 1.98. The lowest BCUT2D eigenvalue weighted by molar-refractivity contribution is 0.197. The fourth-order valence-electron chi connectivity index (χ4n) is 1.98. The van der Waals surface area contributed by atoms with E-state index in [0.29, 0.717) is 0 Å². The van der Waals surface area contributed by atoms with Gasteiger partial charge in [0, 0.05) is 33.3 Å². The van der Waals surface area contributed by atoms with E-state index in [-0.39, 0.29) is 0 Å². The Balaban J connectivity index is 1.77. The van der Waals surface area contributed by atoms with Crippen molar-refractivity contribution in [3.05, 3.63) is 42.2 Å². The molecule has 2 aromatic rings. The molecule has 0 radical (unpaired) electrons. The van der Waals surface area contributed by atoms with Gasteiger partial charge in [0.2, 0.25) is 0 Å². The Morgan fingerprint density at radius 3 is 2.81 bits per heavy atom. The van der Waals surface area contributed by atoms with Gasteiger partial charge in [-0.2, -0.15) is 15.0 Å². The van der Waals surface area contributed by atoms with Crippen LogP contribution in [0.4, 0.5) is 0 Å². The Kier molecular flexibility index (Phi) is 6.33. The third-order valence-electron chi connectivity index (χ3n) is 3.11. The number of methoxy groups -OCH3 is 1. The molecule has 114 valence electrons. The van der Waals surface area contributed by atoms with Gasteiger partial charge in [0.15, 0.2) is 0 Å². The van der Waals surface area contributed by atoms with Crippen LogP contribution in [-0.4, -0.2) is 60.3 Å². The zero-order chi connectivity index (χ0) is 14.9. The van der Waals surface area contributed by atoms with Crippen molar-refractivity contribution < 1.29 is 4.74 Å². The van der Waals surface area contributed by atoms with E-state index in [4.69, 9.17) is 4.74 Å². The van der Waals surface area contributed by atoms with E-state index in [1.165, 1.54) is 0 Å². The van der Waals surface area contributed by atoms with Crippen molar-refractivity contribution in [1.82, 2.24) is 25.2 Å². The first-order chi connectivity index (χ1) is 10.3. The molecule has 0 unspecified atom stereocenters. The molecule has 0 atom stereocenters. The maximum absolute atomic E-state index is 4.99. The van der Waals surface area contributed by atoms with Crippen LogP contribution in [0.25, 0.3) is 5.69 Å². The quantitative estimate of drug-likeness (QED) is 0.696. The lowest BCUT2D eigenvalue weighted by Crippen LogP contribution is -2.30. The molecular formula is C15H23N5O. The average Bonchev–Trinajstić information content (AvgIpc) is 2.96. The van der Waals surface area contributed by atoms with E-state index >= 15 is 0 Å². The first-order valence-corrected chi connectivity index (χ1v) is 7.14. The van der Waals surface area contributed by atoms with E-state index in [0.717, 1.165) is 44.2 Å². The number of para-hydroxylation sites is 1. The molecule has 0 saturated heterocycles. The molecule has 0 aliphatic carbocycles. The summed E-state index contributed by atoms with van der Waals surface area (Å²) in [6, 6.07) is 9.94. The second-order valence-corrected chi connectivity index (χ2v) is 4.94. The maximum Gasteiger partial charge on any atom is 0.0971 e. The summed E-state index contributed by atoms with van der Waals surface area (Å²) in [7, 11) is 3.80. The van der Waals surface area contributed by atoms with Crippen LogP contribution in [0, 0.1) is 0 Å². The summed E-state index contributed by atoms with van der Waals surface area (Å²) in [4.78, 5) is 3.89. The molecule has 1 N–H and O–H groups in total. The van der Waals surface area contributed by atoms with Crippen molar-refractivity contribution in [1.29, 1.82) is 0 Å². The van der Waals surface area contributed by atoms with Gasteiger partial charge in [0.25, 0.3) is 0 Å². The highest BCUT2D eigenvalue weighted by molar-refractivity contribution is 5.28. The zero-order valence-corrected chi connectivity index (χ0v) is 12.7. The predicted octanol–water partition coefficient (Wildman–Crippen LogP) is 0.935. The number of hydrogen-bond acceptors (Lipinski definition) is 5. The van der Waals surface area contributed by atoms with E-state index < -0.39 is 0 Å². The van der Waals surface area contributed by atoms with Crippen molar-refractivity contribution in [2.45, 2.75) is 6.54 Å². The molecule has 6 heteroatoms. The summed E-state index contributed by atoms with van der Waals surface area (Å²) in [5.41, 5.74) is 1.95. The van der Waals surface area contributed by atoms with Gasteiger partial charge >= 0.3 is 0 Å². The number of hydrogen-bond donors (Lipinski definition) is 1. The van der Waals surface area contributed by atoms with Crippen LogP contribution >= 0.6 is 0 Å². The van der Waals surface area contributed by atoms with E-state index in [1.54, 1.807) is 11.9 Å². The molecule has 0 amide bonds. The molecule has 1 aromatic carbocycles. The van der Waals surface area contributed by atoms with Gasteiger partial charge in [-0.25, -0.2) is 0 Å². The van der Waals surface area contributed by atoms with Crippen molar-refractivity contribution in [3.63, 3.8) is 0 Å². The van der Waals surface area contributed by atoms with E-state index in [9.17, 15) is 0 Å². The molecule has 0 saturated carbocycles. The van der Waals surface area contributed by atoms with Crippen molar-refractivity contribution >= 4 is 0 Å². The Bertz CT molecular complexity index is 514. The zero-order valence-electron chi connectivity index (χ0n) is 12.7. The van der Waals surface area contributed by atoms with Crippen molar-refractivity contribution in [2.24, 2.45) is 0 Å².